The standard InChI is InChI=1S/C15H32N2.C12H26N2O.C3H8.3C2H6/c1-5-6-7-10-16(4)13-15-8-11-17(12-9-15)14(2)3;1-11(2)14-8-5-12(6-9-14)13-7-4-10-15-3;1-3-2;3*1-2/h14-15H,5-13H2,1-4H3;11-13H,4-10H2,1-3H3;3H2,1-2H3;3*1-2H3. The summed E-state index contributed by atoms with van der Waals surface area (Å²) >= 11 is 0. The molecule has 0 aromatic carbocycles. The van der Waals surface area contributed by atoms with Crippen LogP contribution in [0.1, 0.15) is 148 Å². The first kappa shape index (κ1) is 47.7. The van der Waals surface area contributed by atoms with Gasteiger partial charge in [0.2, 0.25) is 0 Å². The number of ether oxygens (including phenoxy) is 1. The van der Waals surface area contributed by atoms with Gasteiger partial charge >= 0.3 is 0 Å². The van der Waals surface area contributed by atoms with E-state index >= 15 is 0 Å². The molecular formula is C36H84N4O. The van der Waals surface area contributed by atoms with Crippen molar-refractivity contribution in [2.24, 2.45) is 5.92 Å². The molecule has 2 saturated heterocycles. The van der Waals surface area contributed by atoms with Gasteiger partial charge < -0.3 is 24.8 Å². The van der Waals surface area contributed by atoms with Gasteiger partial charge in [0.25, 0.3) is 0 Å². The highest BCUT2D eigenvalue weighted by Gasteiger charge is 2.22. The maximum atomic E-state index is 5.03. The highest BCUT2D eigenvalue weighted by atomic mass is 16.5. The van der Waals surface area contributed by atoms with Gasteiger partial charge in [-0.15, -0.1) is 0 Å². The van der Waals surface area contributed by atoms with Gasteiger partial charge in [0.1, 0.15) is 0 Å². The number of nitrogens with one attached hydrogen (secondary N) is 1. The normalized spacial score (nSPS) is 16.2. The molecule has 0 aromatic heterocycles. The molecule has 254 valence electrons. The van der Waals surface area contributed by atoms with E-state index in [9.17, 15) is 0 Å². The topological polar surface area (TPSA) is 31.0 Å². The molecule has 2 aliphatic heterocycles. The summed E-state index contributed by atoms with van der Waals surface area (Å²) in [6.07, 6.45) is 11.9. The van der Waals surface area contributed by atoms with Crippen LogP contribution in [0.5, 0.6) is 0 Å². The van der Waals surface area contributed by atoms with Crippen molar-refractivity contribution in [1.82, 2.24) is 20.0 Å². The molecule has 2 fully saturated rings. The van der Waals surface area contributed by atoms with Crippen molar-refractivity contribution in [2.75, 3.05) is 66.6 Å². The molecule has 2 heterocycles. The monoisotopic (exact) mass is 589 g/mol. The summed E-state index contributed by atoms with van der Waals surface area (Å²) in [6.45, 7) is 37.4. The maximum Gasteiger partial charge on any atom is 0.0474 e. The second-order valence-electron chi connectivity index (χ2n) is 11.5. The Kier molecular flexibility index (Phi) is 44.0. The van der Waals surface area contributed by atoms with Crippen molar-refractivity contribution in [2.45, 2.75) is 166 Å². The Bertz CT molecular complexity index is 431. The van der Waals surface area contributed by atoms with E-state index in [1.54, 1.807) is 7.11 Å². The van der Waals surface area contributed by atoms with Gasteiger partial charge in [-0.2, -0.15) is 0 Å². The molecule has 41 heavy (non-hydrogen) atoms. The Labute approximate surface area is 262 Å². The summed E-state index contributed by atoms with van der Waals surface area (Å²) in [4.78, 5) is 7.73. The summed E-state index contributed by atoms with van der Waals surface area (Å²) < 4.78 is 5.03. The van der Waals surface area contributed by atoms with Crippen molar-refractivity contribution in [3.05, 3.63) is 0 Å². The quantitative estimate of drug-likeness (QED) is 0.217. The van der Waals surface area contributed by atoms with Gasteiger partial charge in [0.05, 0.1) is 0 Å². The summed E-state index contributed by atoms with van der Waals surface area (Å²) in [7, 11) is 4.06. The molecule has 0 aromatic rings. The molecule has 2 aliphatic rings. The number of unbranched alkanes of at least 4 members (excludes halogenated alkanes) is 2. The minimum absolute atomic E-state index is 0.708. The molecule has 0 aliphatic carbocycles. The molecule has 0 spiro atoms. The molecule has 2 rings (SSSR count). The zero-order valence-corrected chi connectivity index (χ0v) is 31.6. The predicted molar refractivity (Wildman–Crippen MR) is 191 cm³/mol. The van der Waals surface area contributed by atoms with Crippen LogP contribution in [-0.4, -0.2) is 99.4 Å². The fourth-order valence-electron chi connectivity index (χ4n) is 4.96. The average molecular weight is 589 g/mol. The number of likely N-dealkylation sites (tertiary alicyclic amines) is 2. The highest BCUT2D eigenvalue weighted by Crippen LogP contribution is 2.19. The van der Waals surface area contributed by atoms with Crippen molar-refractivity contribution >= 4 is 0 Å². The number of piperidine rings is 2. The SMILES string of the molecule is CC.CC.CC.CCC.CCCCCN(C)CC1CCN(C(C)C)CC1.COCCCNC1CCN(C(C)C)CC1. The van der Waals surface area contributed by atoms with E-state index in [2.05, 4.69) is 75.5 Å². The van der Waals surface area contributed by atoms with Gasteiger partial charge in [0, 0.05) is 38.4 Å². The smallest absolute Gasteiger partial charge is 0.0474 e. The number of nitrogens with zero attached hydrogens (tertiary/aromatic N) is 3. The fraction of sp³-hybridized carbons (Fsp3) is 1.00. The Morgan fingerprint density at radius 2 is 1.17 bits per heavy atom. The minimum atomic E-state index is 0.708. The van der Waals surface area contributed by atoms with Crippen LogP contribution in [0.3, 0.4) is 0 Å². The second-order valence-corrected chi connectivity index (χ2v) is 11.5. The molecule has 0 bridgehead atoms. The third-order valence-electron chi connectivity index (χ3n) is 7.31. The van der Waals surface area contributed by atoms with E-state index < -0.39 is 0 Å². The van der Waals surface area contributed by atoms with Crippen molar-refractivity contribution in [3.63, 3.8) is 0 Å². The van der Waals surface area contributed by atoms with Gasteiger partial charge in [-0.05, 0) is 118 Å². The summed E-state index contributed by atoms with van der Waals surface area (Å²) in [5.41, 5.74) is 0. The third kappa shape index (κ3) is 31.0. The predicted octanol–water partition coefficient (Wildman–Crippen LogP) is 9.21. The first-order valence-electron chi connectivity index (χ1n) is 18.2. The van der Waals surface area contributed by atoms with Crippen molar-refractivity contribution < 1.29 is 4.74 Å². The lowest BCUT2D eigenvalue weighted by molar-refractivity contribution is 0.128. The van der Waals surface area contributed by atoms with Gasteiger partial charge in [0.15, 0.2) is 0 Å². The summed E-state index contributed by atoms with van der Waals surface area (Å²) in [5.74, 6) is 0.941. The second kappa shape index (κ2) is 37.8. The molecule has 1 N–H and O–H groups in total. The molecule has 0 atom stereocenters. The van der Waals surface area contributed by atoms with E-state index in [1.807, 2.05) is 41.5 Å². The summed E-state index contributed by atoms with van der Waals surface area (Å²) in [5, 5.41) is 3.61. The van der Waals surface area contributed by atoms with Gasteiger partial charge in [-0.25, -0.2) is 0 Å². The average Bonchev–Trinajstić information content (AvgIpc) is 3.00. The lowest BCUT2D eigenvalue weighted by atomic mass is 9.95. The fourth-order valence-corrected chi connectivity index (χ4v) is 4.96. The number of hydrogen-bond acceptors (Lipinski definition) is 5. The molecule has 0 saturated carbocycles. The van der Waals surface area contributed by atoms with Crippen molar-refractivity contribution in [1.29, 1.82) is 0 Å². The van der Waals surface area contributed by atoms with E-state index in [0.29, 0.717) is 6.04 Å². The number of rotatable bonds is 13. The Morgan fingerprint density at radius 3 is 1.56 bits per heavy atom. The zero-order valence-electron chi connectivity index (χ0n) is 31.6. The lowest BCUT2D eigenvalue weighted by Gasteiger charge is -2.36. The van der Waals surface area contributed by atoms with Crippen LogP contribution in [0, 0.1) is 5.92 Å². The Balaban J connectivity index is -0.000000262. The number of hydrogen-bond donors (Lipinski definition) is 1. The summed E-state index contributed by atoms with van der Waals surface area (Å²) in [6, 6.07) is 2.18. The molecule has 5 nitrogen and oxygen atoms in total. The largest absolute Gasteiger partial charge is 0.385 e. The molecule has 5 heteroatoms. The zero-order chi connectivity index (χ0) is 32.5. The van der Waals surface area contributed by atoms with Crippen LogP contribution in [0.2, 0.25) is 0 Å². The first-order chi connectivity index (χ1) is 19.8. The van der Waals surface area contributed by atoms with Crippen LogP contribution >= 0.6 is 0 Å². The third-order valence-corrected chi connectivity index (χ3v) is 7.31. The molecule has 0 radical (unpaired) electrons. The van der Waals surface area contributed by atoms with Gasteiger partial charge in [-0.1, -0.05) is 81.6 Å². The minimum Gasteiger partial charge on any atom is -0.385 e. The van der Waals surface area contributed by atoms with Crippen LogP contribution in [0.4, 0.5) is 0 Å². The van der Waals surface area contributed by atoms with E-state index in [1.165, 1.54) is 90.6 Å². The van der Waals surface area contributed by atoms with Gasteiger partial charge in [-0.3, -0.25) is 0 Å². The molecule has 0 unspecified atom stereocenters. The maximum absolute atomic E-state index is 5.03. The first-order valence-corrected chi connectivity index (χ1v) is 18.2. The number of methoxy groups -OCH3 is 1. The molecule has 0 amide bonds. The highest BCUT2D eigenvalue weighted by molar-refractivity contribution is 4.79. The van der Waals surface area contributed by atoms with Crippen LogP contribution in [-0.2, 0) is 4.74 Å². The van der Waals surface area contributed by atoms with Crippen molar-refractivity contribution in [3.8, 4) is 0 Å². The Morgan fingerprint density at radius 1 is 0.732 bits per heavy atom. The van der Waals surface area contributed by atoms with E-state index in [4.69, 9.17) is 4.74 Å². The Hall–Kier alpha value is -0.200. The molecular weight excluding hydrogens is 504 g/mol. The lowest BCUT2D eigenvalue weighted by Crippen LogP contribution is -2.45. The van der Waals surface area contributed by atoms with Crippen LogP contribution < -0.4 is 5.32 Å². The van der Waals surface area contributed by atoms with Crippen LogP contribution in [0.25, 0.3) is 0 Å². The van der Waals surface area contributed by atoms with E-state index in [-0.39, 0.29) is 0 Å². The van der Waals surface area contributed by atoms with Crippen LogP contribution in [0.15, 0.2) is 0 Å². The van der Waals surface area contributed by atoms with E-state index in [0.717, 1.165) is 37.6 Å².